The van der Waals surface area contributed by atoms with Crippen LogP contribution in [0.3, 0.4) is 0 Å². The maximum absolute atomic E-state index is 14.8. The lowest BCUT2D eigenvalue weighted by Crippen LogP contribution is -2.23. The van der Waals surface area contributed by atoms with Crippen LogP contribution in [0.15, 0.2) is 54.6 Å². The minimum atomic E-state index is -4.14. The van der Waals surface area contributed by atoms with Crippen LogP contribution >= 0.6 is 7.14 Å². The molecule has 0 bridgehead atoms. The highest BCUT2D eigenvalue weighted by molar-refractivity contribution is 8.01. The summed E-state index contributed by atoms with van der Waals surface area (Å²) in [5.74, 6) is 0. The van der Waals surface area contributed by atoms with Crippen molar-refractivity contribution >= 4 is 23.5 Å². The Kier molecular flexibility index (Phi) is 7.00. The van der Waals surface area contributed by atoms with Gasteiger partial charge in [0.1, 0.15) is 0 Å². The minimum Gasteiger partial charge on any atom is -0.302 e. The van der Waals surface area contributed by atoms with E-state index in [2.05, 4.69) is 0 Å². The average Bonchev–Trinajstić information content (AvgIpc) is 2.81. The number of aryl methyl sites for hydroxylation is 4. The van der Waals surface area contributed by atoms with Crippen molar-refractivity contribution in [1.29, 1.82) is 0 Å². The van der Waals surface area contributed by atoms with Gasteiger partial charge in [0.25, 0.3) is 0 Å². The molecule has 0 aliphatic carbocycles. The Bertz CT molecular complexity index is 1220. The molecule has 0 saturated heterocycles. The molecule has 32 heavy (non-hydrogen) atoms. The van der Waals surface area contributed by atoms with E-state index in [4.69, 9.17) is 0 Å². The summed E-state index contributed by atoms with van der Waals surface area (Å²) in [4.78, 5) is 28.2. The normalized spacial score (nSPS) is 12.9. The third kappa shape index (κ3) is 3.91. The predicted molar refractivity (Wildman–Crippen MR) is 133 cm³/mol. The Labute approximate surface area is 191 Å². The minimum absolute atomic E-state index is 0.292. The fourth-order valence-electron chi connectivity index (χ4n) is 4.41. The van der Waals surface area contributed by atoms with E-state index >= 15 is 0 Å². The molecule has 1 atom stereocenters. The zero-order valence-electron chi connectivity index (χ0n) is 19.8. The molecule has 0 aliphatic heterocycles. The third-order valence-electron chi connectivity index (χ3n) is 6.47. The molecule has 3 aromatic rings. The van der Waals surface area contributed by atoms with Crippen molar-refractivity contribution in [1.82, 2.24) is 0 Å². The van der Waals surface area contributed by atoms with Crippen molar-refractivity contribution in [3.8, 4) is 0 Å². The van der Waals surface area contributed by atoms with Crippen molar-refractivity contribution in [3.63, 3.8) is 0 Å². The molecule has 166 valence electrons. The second-order valence-electron chi connectivity index (χ2n) is 8.35. The quantitative estimate of drug-likeness (QED) is 0.379. The fraction of sp³-hybridized carbons (Fsp3) is 0.286. The molecular weight excluding hydrogens is 415 g/mol. The molecule has 0 aromatic heterocycles. The van der Waals surface area contributed by atoms with Crippen molar-refractivity contribution in [3.05, 3.63) is 99.1 Å². The molecule has 0 saturated carbocycles. The highest BCUT2D eigenvalue weighted by Crippen LogP contribution is 2.53. The van der Waals surface area contributed by atoms with Crippen LogP contribution in [0.25, 0.3) is 0 Å². The largest absolute Gasteiger partial charge is 0.302 e. The molecule has 0 N–H and O–H groups in total. The molecule has 0 radical (unpaired) electrons. The molecule has 3 nitrogen and oxygen atoms in total. The second-order valence-corrected chi connectivity index (χ2v) is 10.9. The van der Waals surface area contributed by atoms with Crippen LogP contribution in [0, 0.1) is 27.7 Å². The molecule has 1 unspecified atom stereocenters. The van der Waals surface area contributed by atoms with Crippen molar-refractivity contribution in [2.24, 2.45) is 0 Å². The maximum Gasteiger partial charge on any atom is 0.248 e. The van der Waals surface area contributed by atoms with Gasteiger partial charge in [-0.3, -0.25) is 9.59 Å². The van der Waals surface area contributed by atoms with Crippen molar-refractivity contribution < 1.29 is 14.2 Å². The lowest BCUT2D eigenvalue weighted by Gasteiger charge is -2.22. The Morgan fingerprint density at radius 3 is 1.75 bits per heavy atom. The average molecular weight is 447 g/mol. The van der Waals surface area contributed by atoms with Gasteiger partial charge in [-0.15, -0.1) is 0 Å². The monoisotopic (exact) mass is 446 g/mol. The van der Waals surface area contributed by atoms with Crippen LogP contribution in [0.4, 0.5) is 0 Å². The van der Waals surface area contributed by atoms with Gasteiger partial charge in [-0.2, -0.15) is 0 Å². The van der Waals surface area contributed by atoms with Gasteiger partial charge < -0.3 is 4.57 Å². The summed E-state index contributed by atoms with van der Waals surface area (Å²) >= 11 is 0. The molecule has 0 fully saturated rings. The van der Waals surface area contributed by atoms with Gasteiger partial charge in [-0.05, 0) is 73.9 Å². The molecule has 0 amide bonds. The highest BCUT2D eigenvalue weighted by atomic mass is 31.2. The molecular formula is C28H31O3P. The van der Waals surface area contributed by atoms with E-state index in [1.165, 1.54) is 0 Å². The number of carbonyl (C=O) groups excluding carboxylic acids is 2. The van der Waals surface area contributed by atoms with Gasteiger partial charge in [0.15, 0.2) is 0 Å². The van der Waals surface area contributed by atoms with Crippen LogP contribution in [0.2, 0.25) is 0 Å². The lowest BCUT2D eigenvalue weighted by atomic mass is 9.95. The number of hydrogen-bond donors (Lipinski definition) is 0. The second kappa shape index (κ2) is 9.38. The van der Waals surface area contributed by atoms with Gasteiger partial charge in [-0.25, -0.2) is 0 Å². The van der Waals surface area contributed by atoms with E-state index in [1.54, 1.807) is 30.3 Å². The lowest BCUT2D eigenvalue weighted by molar-refractivity contribution is 0.103. The SMILES string of the molecule is CCc1cccc(CC)c1C(=O)P(=O)(C(=O)c1c(C)cc(C)c(C)c1C)c1ccccc1. The first-order chi connectivity index (χ1) is 15.2. The first kappa shape index (κ1) is 23.9. The van der Waals surface area contributed by atoms with E-state index in [-0.39, 0.29) is 0 Å². The summed E-state index contributed by atoms with van der Waals surface area (Å²) in [5.41, 5.74) is 4.96. The molecule has 4 heteroatoms. The van der Waals surface area contributed by atoms with Gasteiger partial charge in [0, 0.05) is 16.4 Å². The van der Waals surface area contributed by atoms with Gasteiger partial charge in [0.05, 0.1) is 0 Å². The van der Waals surface area contributed by atoms with Crippen LogP contribution in [0.5, 0.6) is 0 Å². The van der Waals surface area contributed by atoms with E-state index in [9.17, 15) is 14.2 Å². The van der Waals surface area contributed by atoms with Crippen molar-refractivity contribution in [2.75, 3.05) is 0 Å². The van der Waals surface area contributed by atoms with Crippen LogP contribution in [-0.4, -0.2) is 11.0 Å². The molecule has 0 heterocycles. The van der Waals surface area contributed by atoms with Gasteiger partial charge in [0.2, 0.25) is 18.2 Å². The number of rotatable bonds is 7. The molecule has 0 aliphatic rings. The predicted octanol–water partition coefficient (Wildman–Crippen LogP) is 6.71. The topological polar surface area (TPSA) is 51.2 Å². The molecule has 0 spiro atoms. The van der Waals surface area contributed by atoms with Crippen molar-refractivity contribution in [2.45, 2.75) is 54.4 Å². The summed E-state index contributed by atoms with van der Waals surface area (Å²) in [6.45, 7) is 11.6. The molecule has 3 rings (SSSR count). The summed E-state index contributed by atoms with van der Waals surface area (Å²) in [7, 11) is -4.14. The molecule has 3 aromatic carbocycles. The Hall–Kier alpha value is -2.77. The third-order valence-corrected chi connectivity index (χ3v) is 9.09. The highest BCUT2D eigenvalue weighted by Gasteiger charge is 2.45. The van der Waals surface area contributed by atoms with Gasteiger partial charge >= 0.3 is 0 Å². The van der Waals surface area contributed by atoms with E-state index < -0.39 is 18.2 Å². The summed E-state index contributed by atoms with van der Waals surface area (Å²) in [5, 5.41) is 0.292. The Balaban J connectivity index is 2.35. The van der Waals surface area contributed by atoms with E-state index in [0.717, 1.165) is 33.4 Å². The van der Waals surface area contributed by atoms with Crippen LogP contribution < -0.4 is 5.30 Å². The van der Waals surface area contributed by atoms with Crippen LogP contribution in [-0.2, 0) is 17.4 Å². The first-order valence-electron chi connectivity index (χ1n) is 11.1. The zero-order chi connectivity index (χ0) is 23.6. The van der Waals surface area contributed by atoms with Gasteiger partial charge in [-0.1, -0.05) is 68.4 Å². The number of benzene rings is 3. The van der Waals surface area contributed by atoms with E-state index in [0.29, 0.717) is 29.3 Å². The Morgan fingerprint density at radius 2 is 1.22 bits per heavy atom. The number of hydrogen-bond acceptors (Lipinski definition) is 3. The summed E-state index contributed by atoms with van der Waals surface area (Å²) < 4.78 is 14.8. The smallest absolute Gasteiger partial charge is 0.248 e. The standard InChI is InChI=1S/C28H31O3P/c1-7-22-13-12-14-23(8-2)26(22)28(30)32(31,24-15-10-9-11-16-24)27(29)25-19(4)17-18(3)20(5)21(25)6/h9-17H,7-8H2,1-6H3. The first-order valence-corrected chi connectivity index (χ1v) is 12.8. The zero-order valence-corrected chi connectivity index (χ0v) is 20.7. The van der Waals surface area contributed by atoms with Crippen LogP contribution in [0.1, 0.15) is 67.9 Å². The van der Waals surface area contributed by atoms with E-state index in [1.807, 2.05) is 65.8 Å². The maximum atomic E-state index is 14.8. The summed E-state index contributed by atoms with van der Waals surface area (Å²) in [6, 6.07) is 16.2. The fourth-order valence-corrected chi connectivity index (χ4v) is 6.92. The Morgan fingerprint density at radius 1 is 0.688 bits per heavy atom. The number of carbonyl (C=O) groups is 2. The summed E-state index contributed by atoms with van der Waals surface area (Å²) in [6.07, 6.45) is 1.25.